The van der Waals surface area contributed by atoms with E-state index in [1.807, 2.05) is 13.8 Å². The summed E-state index contributed by atoms with van der Waals surface area (Å²) in [6, 6.07) is 6.14. The first-order valence-corrected chi connectivity index (χ1v) is 9.68. The number of hydrogen-bond acceptors (Lipinski definition) is 5. The second kappa shape index (κ2) is 7.62. The van der Waals surface area contributed by atoms with Crippen LogP contribution in [0.15, 0.2) is 41.3 Å². The lowest BCUT2D eigenvalue weighted by atomic mass is 10.1. The van der Waals surface area contributed by atoms with Gasteiger partial charge in [0.2, 0.25) is 0 Å². The molecule has 0 atom stereocenters. The lowest BCUT2D eigenvalue weighted by molar-refractivity contribution is -0.137. The topological polar surface area (TPSA) is 59.7 Å². The molecule has 0 unspecified atom stereocenters. The summed E-state index contributed by atoms with van der Waals surface area (Å²) in [5.41, 5.74) is 1.49. The van der Waals surface area contributed by atoms with Crippen molar-refractivity contribution in [3.8, 4) is 5.75 Å². The van der Waals surface area contributed by atoms with E-state index in [4.69, 9.17) is 4.74 Å². The lowest BCUT2D eigenvalue weighted by Crippen LogP contribution is -2.39. The summed E-state index contributed by atoms with van der Waals surface area (Å²) in [6.07, 6.45) is -1.58. The van der Waals surface area contributed by atoms with Gasteiger partial charge in [0.25, 0.3) is 5.56 Å². The van der Waals surface area contributed by atoms with Gasteiger partial charge in [-0.2, -0.15) is 17.7 Å². The maximum absolute atomic E-state index is 12.7. The highest BCUT2D eigenvalue weighted by Crippen LogP contribution is 2.31. The second-order valence-electron chi connectivity index (χ2n) is 7.42. The molecule has 3 heterocycles. The molecule has 6 nitrogen and oxygen atoms in total. The van der Waals surface area contributed by atoms with E-state index in [0.717, 1.165) is 29.1 Å². The number of alkyl halides is 3. The summed E-state index contributed by atoms with van der Waals surface area (Å²) in [6.45, 7) is 5.21. The van der Waals surface area contributed by atoms with E-state index >= 15 is 0 Å². The normalized spacial score (nSPS) is 15.6. The molecule has 30 heavy (non-hydrogen) atoms. The summed E-state index contributed by atoms with van der Waals surface area (Å²) in [4.78, 5) is 18.5. The maximum atomic E-state index is 12.7. The van der Waals surface area contributed by atoms with Crippen molar-refractivity contribution in [3.05, 3.63) is 63.6 Å². The van der Waals surface area contributed by atoms with Crippen molar-refractivity contribution in [2.75, 3.05) is 18.0 Å². The Bertz CT molecular complexity index is 1120. The number of aryl methyl sites for hydroxylation is 1. The summed E-state index contributed by atoms with van der Waals surface area (Å²) in [7, 11) is 0. The predicted molar refractivity (Wildman–Crippen MR) is 106 cm³/mol. The Morgan fingerprint density at radius 3 is 2.33 bits per heavy atom. The third kappa shape index (κ3) is 3.83. The zero-order valence-electron chi connectivity index (χ0n) is 16.6. The Hall–Kier alpha value is -3.10. The molecule has 9 heteroatoms. The van der Waals surface area contributed by atoms with Crippen LogP contribution < -0.4 is 15.2 Å². The minimum atomic E-state index is -4.36. The SMILES string of the molecule is Cc1c(N2CCC(Oc3ccc(C(F)(F)F)cc3)CC2)nn2c(=O)ccnc2c1C. The minimum absolute atomic E-state index is 0.0933. The van der Waals surface area contributed by atoms with Crippen molar-refractivity contribution in [2.45, 2.75) is 39.0 Å². The largest absolute Gasteiger partial charge is 0.490 e. The average Bonchev–Trinajstić information content (AvgIpc) is 2.72. The van der Waals surface area contributed by atoms with Crippen LogP contribution >= 0.6 is 0 Å². The molecular formula is C21H21F3N4O2. The zero-order chi connectivity index (χ0) is 21.5. The molecule has 1 fully saturated rings. The Labute approximate surface area is 170 Å². The van der Waals surface area contributed by atoms with Gasteiger partial charge in [-0.1, -0.05) is 0 Å². The number of ether oxygens (including phenoxy) is 1. The molecular weight excluding hydrogens is 397 g/mol. The average molecular weight is 418 g/mol. The van der Waals surface area contributed by atoms with Gasteiger partial charge in [0, 0.05) is 49.3 Å². The van der Waals surface area contributed by atoms with E-state index in [9.17, 15) is 18.0 Å². The van der Waals surface area contributed by atoms with Crippen molar-refractivity contribution in [2.24, 2.45) is 0 Å². The van der Waals surface area contributed by atoms with Gasteiger partial charge in [-0.15, -0.1) is 5.10 Å². The Morgan fingerprint density at radius 1 is 1.03 bits per heavy atom. The van der Waals surface area contributed by atoms with Gasteiger partial charge in [-0.05, 0) is 38.1 Å². The molecule has 3 aromatic rings. The molecule has 0 aliphatic carbocycles. The van der Waals surface area contributed by atoms with Gasteiger partial charge in [-0.3, -0.25) is 4.79 Å². The van der Waals surface area contributed by atoms with Gasteiger partial charge >= 0.3 is 6.18 Å². The van der Waals surface area contributed by atoms with Crippen LogP contribution in [0.25, 0.3) is 5.65 Å². The van der Waals surface area contributed by atoms with Gasteiger partial charge in [-0.25, -0.2) is 4.98 Å². The van der Waals surface area contributed by atoms with Crippen LogP contribution in [0.2, 0.25) is 0 Å². The molecule has 1 saturated heterocycles. The molecule has 0 radical (unpaired) electrons. The summed E-state index contributed by atoms with van der Waals surface area (Å²) in [5, 5.41) is 4.52. The molecule has 1 aromatic carbocycles. The molecule has 1 aliphatic heterocycles. The lowest BCUT2D eigenvalue weighted by Gasteiger charge is -2.34. The standard InChI is InChI=1S/C21H21F3N4O2/c1-13-14(2)20(26-28-18(29)7-10-25-19(13)28)27-11-8-17(9-12-27)30-16-5-3-15(4-6-16)21(22,23)24/h3-7,10,17H,8-9,11-12H2,1-2H3. The highest BCUT2D eigenvalue weighted by molar-refractivity contribution is 5.59. The molecule has 2 aromatic heterocycles. The molecule has 0 bridgehead atoms. The molecule has 1 aliphatic rings. The highest BCUT2D eigenvalue weighted by atomic mass is 19.4. The molecule has 4 rings (SSSR count). The van der Waals surface area contributed by atoms with Crippen LogP contribution in [0.4, 0.5) is 19.0 Å². The molecule has 0 spiro atoms. The van der Waals surface area contributed by atoms with Crippen LogP contribution in [0, 0.1) is 13.8 Å². The predicted octanol–water partition coefficient (Wildman–Crippen LogP) is 3.77. The van der Waals surface area contributed by atoms with Crippen molar-refractivity contribution >= 4 is 11.5 Å². The van der Waals surface area contributed by atoms with Gasteiger partial charge < -0.3 is 9.64 Å². The zero-order valence-corrected chi connectivity index (χ0v) is 16.6. The van der Waals surface area contributed by atoms with E-state index in [1.54, 1.807) is 0 Å². The number of hydrogen-bond donors (Lipinski definition) is 0. The monoisotopic (exact) mass is 418 g/mol. The van der Waals surface area contributed by atoms with Crippen molar-refractivity contribution < 1.29 is 17.9 Å². The van der Waals surface area contributed by atoms with E-state index in [2.05, 4.69) is 15.0 Å². The number of rotatable bonds is 3. The van der Waals surface area contributed by atoms with E-state index in [0.29, 0.717) is 37.3 Å². The third-order valence-electron chi connectivity index (χ3n) is 5.48. The Morgan fingerprint density at radius 2 is 1.70 bits per heavy atom. The van der Waals surface area contributed by atoms with E-state index < -0.39 is 11.7 Å². The number of aromatic nitrogens is 3. The fraction of sp³-hybridized carbons (Fsp3) is 0.381. The second-order valence-corrected chi connectivity index (χ2v) is 7.42. The smallest absolute Gasteiger partial charge is 0.416 e. The Balaban J connectivity index is 1.47. The first-order valence-electron chi connectivity index (χ1n) is 9.68. The summed E-state index contributed by atoms with van der Waals surface area (Å²) >= 11 is 0. The first kappa shape index (κ1) is 20.2. The summed E-state index contributed by atoms with van der Waals surface area (Å²) < 4.78 is 45.3. The van der Waals surface area contributed by atoms with Crippen molar-refractivity contribution in [1.82, 2.24) is 14.6 Å². The summed E-state index contributed by atoms with van der Waals surface area (Å²) in [5.74, 6) is 1.16. The van der Waals surface area contributed by atoms with Crippen molar-refractivity contribution in [3.63, 3.8) is 0 Å². The fourth-order valence-corrected chi connectivity index (χ4v) is 3.66. The molecule has 158 valence electrons. The maximum Gasteiger partial charge on any atom is 0.416 e. The molecule has 0 saturated carbocycles. The van der Waals surface area contributed by atoms with Gasteiger partial charge in [0.15, 0.2) is 11.5 Å². The fourth-order valence-electron chi connectivity index (χ4n) is 3.66. The van der Waals surface area contributed by atoms with Crippen molar-refractivity contribution in [1.29, 1.82) is 0 Å². The van der Waals surface area contributed by atoms with Crippen LogP contribution in [0.3, 0.4) is 0 Å². The minimum Gasteiger partial charge on any atom is -0.490 e. The van der Waals surface area contributed by atoms with E-state index in [-0.39, 0.29) is 11.7 Å². The number of nitrogens with zero attached hydrogens (tertiary/aromatic N) is 4. The third-order valence-corrected chi connectivity index (χ3v) is 5.48. The number of anilines is 1. The van der Waals surface area contributed by atoms with Crippen LogP contribution in [0.1, 0.15) is 29.5 Å². The number of halogens is 3. The molecule has 0 N–H and O–H groups in total. The van der Waals surface area contributed by atoms with Crippen LogP contribution in [-0.4, -0.2) is 33.8 Å². The quantitative estimate of drug-likeness (QED) is 0.648. The molecule has 0 amide bonds. The van der Waals surface area contributed by atoms with Crippen LogP contribution in [0.5, 0.6) is 5.75 Å². The number of piperidine rings is 1. The highest BCUT2D eigenvalue weighted by Gasteiger charge is 2.30. The van der Waals surface area contributed by atoms with Crippen LogP contribution in [-0.2, 0) is 6.18 Å². The Kier molecular flexibility index (Phi) is 5.13. The van der Waals surface area contributed by atoms with Gasteiger partial charge in [0.05, 0.1) is 5.56 Å². The number of benzene rings is 1. The van der Waals surface area contributed by atoms with E-state index in [1.165, 1.54) is 28.9 Å². The van der Waals surface area contributed by atoms with Gasteiger partial charge in [0.1, 0.15) is 11.9 Å². The first-order chi connectivity index (χ1) is 14.2. The number of fused-ring (bicyclic) bond motifs is 1.